The predicted molar refractivity (Wildman–Crippen MR) is 71.9 cm³/mol. The van der Waals surface area contributed by atoms with Crippen molar-refractivity contribution in [2.24, 2.45) is 5.92 Å². The lowest BCUT2D eigenvalue weighted by atomic mass is 9.88. The van der Waals surface area contributed by atoms with E-state index in [4.69, 9.17) is 4.74 Å². The van der Waals surface area contributed by atoms with Crippen LogP contribution in [0.4, 0.5) is 0 Å². The van der Waals surface area contributed by atoms with Crippen LogP contribution in [0.3, 0.4) is 0 Å². The number of hydrogen-bond donors (Lipinski definition) is 1. The summed E-state index contributed by atoms with van der Waals surface area (Å²) < 4.78 is 5.66. The predicted octanol–water partition coefficient (Wildman–Crippen LogP) is 3.71. The Morgan fingerprint density at radius 1 is 1.39 bits per heavy atom. The van der Waals surface area contributed by atoms with Crippen LogP contribution >= 0.6 is 0 Å². The van der Waals surface area contributed by atoms with Crippen LogP contribution in [0.5, 0.6) is 5.75 Å². The van der Waals surface area contributed by atoms with Gasteiger partial charge in [-0.25, -0.2) is 0 Å². The average Bonchev–Trinajstić information content (AvgIpc) is 3.15. The first-order valence-corrected chi connectivity index (χ1v) is 6.97. The minimum absolute atomic E-state index is 0.307. The Morgan fingerprint density at radius 3 is 2.72 bits per heavy atom. The highest BCUT2D eigenvalue weighted by molar-refractivity contribution is 5.52. The number of hydrogen-bond acceptors (Lipinski definition) is 2. The van der Waals surface area contributed by atoms with E-state index in [-0.39, 0.29) is 5.60 Å². The highest BCUT2D eigenvalue weighted by Gasteiger charge is 2.39. The van der Waals surface area contributed by atoms with Gasteiger partial charge in [-0.05, 0) is 55.6 Å². The number of methoxy groups -OCH3 is 1. The van der Waals surface area contributed by atoms with E-state index in [9.17, 15) is 5.11 Å². The number of benzene rings is 1. The summed E-state index contributed by atoms with van der Waals surface area (Å²) in [6.07, 6.45) is 4.58. The van der Waals surface area contributed by atoms with Gasteiger partial charge in [0.25, 0.3) is 0 Å². The Bertz CT molecular complexity index is 476. The zero-order valence-corrected chi connectivity index (χ0v) is 11.5. The summed E-state index contributed by atoms with van der Waals surface area (Å²) in [5.41, 5.74) is 3.10. The number of phenols is 1. The first-order chi connectivity index (χ1) is 8.57. The van der Waals surface area contributed by atoms with Crippen molar-refractivity contribution in [3.05, 3.63) is 28.8 Å². The van der Waals surface area contributed by atoms with Crippen LogP contribution in [-0.2, 0) is 16.8 Å². The van der Waals surface area contributed by atoms with Crippen molar-refractivity contribution in [1.29, 1.82) is 0 Å². The fourth-order valence-corrected chi connectivity index (χ4v) is 3.37. The fraction of sp³-hybridized carbons (Fsp3) is 0.625. The van der Waals surface area contributed by atoms with E-state index < -0.39 is 0 Å². The first kappa shape index (κ1) is 12.0. The highest BCUT2D eigenvalue weighted by Crippen LogP contribution is 2.50. The molecule has 2 nitrogen and oxygen atoms in total. The maximum Gasteiger partial charge on any atom is 0.125 e. The number of fused-ring (bicyclic) bond motifs is 1. The van der Waals surface area contributed by atoms with Gasteiger partial charge < -0.3 is 9.84 Å². The molecule has 98 valence electrons. The van der Waals surface area contributed by atoms with Crippen molar-refractivity contribution in [2.75, 3.05) is 7.11 Å². The van der Waals surface area contributed by atoms with E-state index in [0.717, 1.165) is 29.9 Å². The van der Waals surface area contributed by atoms with Crippen LogP contribution in [0.1, 0.15) is 55.7 Å². The molecule has 2 heteroatoms. The minimum atomic E-state index is -0.307. The van der Waals surface area contributed by atoms with Crippen LogP contribution in [0, 0.1) is 5.92 Å². The van der Waals surface area contributed by atoms with E-state index >= 15 is 0 Å². The molecule has 0 heterocycles. The maximum absolute atomic E-state index is 10.6. The molecule has 0 unspecified atom stereocenters. The third kappa shape index (κ3) is 1.66. The molecule has 0 saturated heterocycles. The van der Waals surface area contributed by atoms with E-state index in [1.165, 1.54) is 18.4 Å². The standard InChI is InChI=1S/C16H22O2/c1-10(11-4-5-11)13-7-6-12-8-9-16(2,18-3)14(12)15(13)17/h6-7,10-11,17H,4-5,8-9H2,1-3H3/t10-,16-/m0/s1. The molecule has 0 amide bonds. The van der Waals surface area contributed by atoms with Crippen molar-refractivity contribution in [3.63, 3.8) is 0 Å². The van der Waals surface area contributed by atoms with Crippen molar-refractivity contribution in [1.82, 2.24) is 0 Å². The van der Waals surface area contributed by atoms with Gasteiger partial charge in [-0.3, -0.25) is 0 Å². The van der Waals surface area contributed by atoms with Crippen LogP contribution < -0.4 is 0 Å². The maximum atomic E-state index is 10.6. The van der Waals surface area contributed by atoms with Gasteiger partial charge in [0.05, 0.1) is 5.60 Å². The smallest absolute Gasteiger partial charge is 0.125 e. The Morgan fingerprint density at radius 2 is 2.11 bits per heavy atom. The topological polar surface area (TPSA) is 29.5 Å². The summed E-state index contributed by atoms with van der Waals surface area (Å²) in [5.74, 6) is 1.73. The van der Waals surface area contributed by atoms with E-state index in [1.54, 1.807) is 7.11 Å². The molecule has 0 spiro atoms. The van der Waals surface area contributed by atoms with Gasteiger partial charge >= 0.3 is 0 Å². The molecule has 2 atom stereocenters. The largest absolute Gasteiger partial charge is 0.507 e. The van der Waals surface area contributed by atoms with E-state index in [0.29, 0.717) is 11.7 Å². The van der Waals surface area contributed by atoms with Crippen molar-refractivity contribution < 1.29 is 9.84 Å². The zero-order chi connectivity index (χ0) is 12.9. The molecule has 0 bridgehead atoms. The lowest BCUT2D eigenvalue weighted by Gasteiger charge is -2.26. The van der Waals surface area contributed by atoms with Gasteiger partial charge in [-0.15, -0.1) is 0 Å². The van der Waals surface area contributed by atoms with Crippen molar-refractivity contribution in [3.8, 4) is 5.75 Å². The number of rotatable bonds is 3. The first-order valence-electron chi connectivity index (χ1n) is 6.97. The number of phenolic OH excluding ortho intramolecular Hbond substituents is 1. The molecule has 1 N–H and O–H groups in total. The van der Waals surface area contributed by atoms with Gasteiger partial charge in [-0.1, -0.05) is 19.1 Å². The summed E-state index contributed by atoms with van der Waals surface area (Å²) in [7, 11) is 1.74. The summed E-state index contributed by atoms with van der Waals surface area (Å²) in [6, 6.07) is 4.31. The zero-order valence-electron chi connectivity index (χ0n) is 11.5. The van der Waals surface area contributed by atoms with Crippen molar-refractivity contribution >= 4 is 0 Å². The highest BCUT2D eigenvalue weighted by atomic mass is 16.5. The SMILES string of the molecule is CO[C@@]1(C)CCc2ccc([C@@H](C)C3CC3)c(O)c21. The normalized spacial score (nSPS) is 28.2. The lowest BCUT2D eigenvalue weighted by molar-refractivity contribution is 0.00211. The second kappa shape index (κ2) is 3.99. The van der Waals surface area contributed by atoms with Gasteiger partial charge in [0, 0.05) is 12.7 Å². The summed E-state index contributed by atoms with van der Waals surface area (Å²) >= 11 is 0. The van der Waals surface area contributed by atoms with E-state index in [2.05, 4.69) is 26.0 Å². The molecular weight excluding hydrogens is 224 g/mol. The summed E-state index contributed by atoms with van der Waals surface area (Å²) in [6.45, 7) is 4.32. The van der Waals surface area contributed by atoms with Crippen LogP contribution in [0.25, 0.3) is 0 Å². The molecule has 2 aliphatic rings. The molecule has 1 aromatic rings. The summed E-state index contributed by atoms with van der Waals surface area (Å²) in [5, 5.41) is 10.6. The van der Waals surface area contributed by atoms with Gasteiger partial charge in [0.15, 0.2) is 0 Å². The van der Waals surface area contributed by atoms with Gasteiger partial charge in [0.2, 0.25) is 0 Å². The Labute approximate surface area is 109 Å². The Kier molecular flexibility index (Phi) is 2.67. The molecular formula is C16H22O2. The average molecular weight is 246 g/mol. The third-order valence-corrected chi connectivity index (χ3v) is 4.97. The molecule has 3 rings (SSSR count). The second-order valence-electron chi connectivity index (χ2n) is 6.10. The van der Waals surface area contributed by atoms with Crippen molar-refractivity contribution in [2.45, 2.75) is 51.0 Å². The summed E-state index contributed by atoms with van der Waals surface area (Å²) in [4.78, 5) is 0. The quantitative estimate of drug-likeness (QED) is 0.881. The second-order valence-corrected chi connectivity index (χ2v) is 6.10. The number of ether oxygens (including phenoxy) is 1. The molecule has 0 radical (unpaired) electrons. The number of aryl methyl sites for hydroxylation is 1. The third-order valence-electron chi connectivity index (χ3n) is 4.97. The monoisotopic (exact) mass is 246 g/mol. The molecule has 1 saturated carbocycles. The Balaban J connectivity index is 2.07. The van der Waals surface area contributed by atoms with Crippen LogP contribution in [-0.4, -0.2) is 12.2 Å². The molecule has 1 fully saturated rings. The number of aromatic hydroxyl groups is 1. The van der Waals surface area contributed by atoms with Gasteiger partial charge in [0.1, 0.15) is 5.75 Å². The molecule has 0 aliphatic heterocycles. The lowest BCUT2D eigenvalue weighted by Crippen LogP contribution is -2.21. The fourth-order valence-electron chi connectivity index (χ4n) is 3.37. The minimum Gasteiger partial charge on any atom is -0.507 e. The van der Waals surface area contributed by atoms with E-state index in [1.807, 2.05) is 0 Å². The van der Waals surface area contributed by atoms with Gasteiger partial charge in [-0.2, -0.15) is 0 Å². The Hall–Kier alpha value is -1.02. The molecule has 0 aromatic heterocycles. The molecule has 2 aliphatic carbocycles. The van der Waals surface area contributed by atoms with Crippen LogP contribution in [0.15, 0.2) is 12.1 Å². The van der Waals surface area contributed by atoms with Crippen LogP contribution in [0.2, 0.25) is 0 Å². The molecule has 1 aromatic carbocycles. The molecule has 18 heavy (non-hydrogen) atoms.